The number of ether oxygens (including phenoxy) is 2. The lowest BCUT2D eigenvalue weighted by Gasteiger charge is -2.08. The van der Waals surface area contributed by atoms with E-state index in [9.17, 15) is 13.6 Å². The lowest BCUT2D eigenvalue weighted by molar-refractivity contribution is 0.0593. The van der Waals surface area contributed by atoms with E-state index in [4.69, 9.17) is 4.74 Å². The maximum Gasteiger partial charge on any atom is 0.356 e. The number of rotatable bonds is 3. The van der Waals surface area contributed by atoms with Crippen LogP contribution in [0.4, 0.5) is 8.78 Å². The number of carbonyl (C=O) groups is 1. The van der Waals surface area contributed by atoms with Crippen LogP contribution in [0.5, 0.6) is 11.5 Å². The number of carbonyl (C=O) groups excluding carboxylic acids is 1. The molecule has 0 radical (unpaired) electrons. The van der Waals surface area contributed by atoms with Crippen LogP contribution in [0.3, 0.4) is 0 Å². The third kappa shape index (κ3) is 3.11. The third-order valence-corrected chi connectivity index (χ3v) is 2.77. The van der Waals surface area contributed by atoms with Crippen molar-refractivity contribution in [2.45, 2.75) is 0 Å². The highest BCUT2D eigenvalue weighted by atomic mass is 79.9. The molecular formula is C13H8BrF2NO3. The summed E-state index contributed by atoms with van der Waals surface area (Å²) in [4.78, 5) is 15.1. The summed E-state index contributed by atoms with van der Waals surface area (Å²) in [5.74, 6) is -2.99. The number of aromatic nitrogens is 1. The molecule has 1 aromatic heterocycles. The Morgan fingerprint density at radius 1 is 1.30 bits per heavy atom. The lowest BCUT2D eigenvalue weighted by atomic mass is 10.3. The molecule has 0 unspecified atom stereocenters. The summed E-state index contributed by atoms with van der Waals surface area (Å²) in [5.41, 5.74) is 0.000812. The Hall–Kier alpha value is -2.02. The third-order valence-electron chi connectivity index (χ3n) is 2.31. The molecular weight excluding hydrogens is 336 g/mol. The molecule has 1 heterocycles. The second-order valence-electron chi connectivity index (χ2n) is 3.67. The summed E-state index contributed by atoms with van der Waals surface area (Å²) in [6, 6.07) is 4.93. The minimum atomic E-state index is -1.12. The van der Waals surface area contributed by atoms with E-state index in [-0.39, 0.29) is 17.2 Å². The number of hydrogen-bond donors (Lipinski definition) is 0. The van der Waals surface area contributed by atoms with Crippen LogP contribution >= 0.6 is 15.9 Å². The number of nitrogens with zero attached hydrogens (tertiary/aromatic N) is 1. The van der Waals surface area contributed by atoms with Crippen LogP contribution in [0.15, 0.2) is 34.9 Å². The minimum Gasteiger partial charge on any atom is -0.464 e. The Morgan fingerprint density at radius 2 is 2.05 bits per heavy atom. The maximum absolute atomic E-state index is 13.6. The number of benzene rings is 1. The molecule has 2 aromatic rings. The largest absolute Gasteiger partial charge is 0.464 e. The molecule has 2 rings (SSSR count). The van der Waals surface area contributed by atoms with Gasteiger partial charge in [0.1, 0.15) is 5.75 Å². The van der Waals surface area contributed by atoms with E-state index in [0.29, 0.717) is 4.47 Å². The molecule has 1 aromatic carbocycles. The van der Waals surface area contributed by atoms with Crippen LogP contribution in [0.2, 0.25) is 0 Å². The summed E-state index contributed by atoms with van der Waals surface area (Å²) in [6.45, 7) is 0. The average molecular weight is 344 g/mol. The van der Waals surface area contributed by atoms with Crippen molar-refractivity contribution < 1.29 is 23.0 Å². The number of methoxy groups -OCH3 is 1. The van der Waals surface area contributed by atoms with Crippen molar-refractivity contribution in [3.8, 4) is 11.5 Å². The Bertz CT molecular complexity index is 664. The molecule has 0 aliphatic carbocycles. The van der Waals surface area contributed by atoms with Crippen molar-refractivity contribution >= 4 is 21.9 Å². The van der Waals surface area contributed by atoms with Gasteiger partial charge < -0.3 is 9.47 Å². The molecule has 0 saturated heterocycles. The molecule has 0 aliphatic rings. The van der Waals surface area contributed by atoms with Gasteiger partial charge in [-0.25, -0.2) is 14.2 Å². The number of pyridine rings is 1. The van der Waals surface area contributed by atoms with E-state index >= 15 is 0 Å². The van der Waals surface area contributed by atoms with Gasteiger partial charge in [-0.05, 0) is 18.2 Å². The van der Waals surface area contributed by atoms with Crippen LogP contribution in [0, 0.1) is 11.6 Å². The fourth-order valence-electron chi connectivity index (χ4n) is 1.42. The highest BCUT2D eigenvalue weighted by Crippen LogP contribution is 2.29. The molecule has 0 atom stereocenters. The van der Waals surface area contributed by atoms with Crippen LogP contribution in [-0.4, -0.2) is 18.1 Å². The first-order valence-electron chi connectivity index (χ1n) is 5.38. The molecule has 104 valence electrons. The first kappa shape index (κ1) is 14.4. The quantitative estimate of drug-likeness (QED) is 0.629. The van der Waals surface area contributed by atoms with Crippen LogP contribution in [0.1, 0.15) is 10.5 Å². The van der Waals surface area contributed by atoms with Crippen molar-refractivity contribution in [2.75, 3.05) is 7.11 Å². The van der Waals surface area contributed by atoms with Crippen molar-refractivity contribution in [1.82, 2.24) is 4.98 Å². The van der Waals surface area contributed by atoms with E-state index in [0.717, 1.165) is 6.07 Å². The van der Waals surface area contributed by atoms with E-state index < -0.39 is 17.6 Å². The highest BCUT2D eigenvalue weighted by Gasteiger charge is 2.14. The Morgan fingerprint density at radius 3 is 2.75 bits per heavy atom. The fraction of sp³-hybridized carbons (Fsp3) is 0.0769. The number of hydrogen-bond acceptors (Lipinski definition) is 4. The molecule has 0 spiro atoms. The summed E-state index contributed by atoms with van der Waals surface area (Å²) >= 11 is 3.04. The highest BCUT2D eigenvalue weighted by molar-refractivity contribution is 9.10. The van der Waals surface area contributed by atoms with E-state index in [1.54, 1.807) is 0 Å². The second-order valence-corrected chi connectivity index (χ2v) is 4.59. The second kappa shape index (κ2) is 5.96. The smallest absolute Gasteiger partial charge is 0.356 e. The Labute approximate surface area is 121 Å². The summed E-state index contributed by atoms with van der Waals surface area (Å²) in [6.07, 6.45) is 1.30. The first-order valence-corrected chi connectivity index (χ1v) is 6.17. The van der Waals surface area contributed by atoms with E-state index in [2.05, 4.69) is 25.7 Å². The van der Waals surface area contributed by atoms with Crippen LogP contribution < -0.4 is 4.74 Å². The van der Waals surface area contributed by atoms with E-state index in [1.807, 2.05) is 0 Å². The zero-order chi connectivity index (χ0) is 14.7. The van der Waals surface area contributed by atoms with Gasteiger partial charge in [0.25, 0.3) is 0 Å². The standard InChI is InChI=1S/C13H8BrF2NO3/c1-19-13(18)10-6-8(2-3-17-10)20-11-5-7(14)4-9(15)12(11)16/h2-6H,1H3. The van der Waals surface area contributed by atoms with Crippen LogP contribution in [-0.2, 0) is 4.74 Å². The van der Waals surface area contributed by atoms with Gasteiger partial charge in [-0.1, -0.05) is 15.9 Å². The van der Waals surface area contributed by atoms with Gasteiger partial charge in [0.15, 0.2) is 17.3 Å². The molecule has 0 bridgehead atoms. The molecule has 0 fully saturated rings. The molecule has 0 aliphatic heterocycles. The van der Waals surface area contributed by atoms with Crippen molar-refractivity contribution in [3.05, 3.63) is 52.3 Å². The minimum absolute atomic E-state index is 0.000812. The van der Waals surface area contributed by atoms with Gasteiger partial charge in [0.2, 0.25) is 5.82 Å². The van der Waals surface area contributed by atoms with Gasteiger partial charge in [0.05, 0.1) is 7.11 Å². The molecule has 20 heavy (non-hydrogen) atoms. The normalized spacial score (nSPS) is 10.2. The van der Waals surface area contributed by atoms with Gasteiger partial charge in [0, 0.05) is 16.7 Å². The average Bonchev–Trinajstić information content (AvgIpc) is 2.43. The van der Waals surface area contributed by atoms with E-state index in [1.165, 1.54) is 31.5 Å². The lowest BCUT2D eigenvalue weighted by Crippen LogP contribution is -2.04. The van der Waals surface area contributed by atoms with Crippen molar-refractivity contribution in [2.24, 2.45) is 0 Å². The molecule has 0 amide bonds. The Kier molecular flexibility index (Phi) is 4.29. The number of esters is 1. The van der Waals surface area contributed by atoms with Gasteiger partial charge >= 0.3 is 5.97 Å². The SMILES string of the molecule is COC(=O)c1cc(Oc2cc(Br)cc(F)c2F)ccn1. The predicted octanol–water partition coefficient (Wildman–Crippen LogP) is 3.70. The molecule has 7 heteroatoms. The zero-order valence-corrected chi connectivity index (χ0v) is 11.8. The van der Waals surface area contributed by atoms with Gasteiger partial charge in [-0.2, -0.15) is 4.39 Å². The topological polar surface area (TPSA) is 48.4 Å². The summed E-state index contributed by atoms with van der Waals surface area (Å²) < 4.78 is 36.8. The monoisotopic (exact) mass is 343 g/mol. The van der Waals surface area contributed by atoms with Gasteiger partial charge in [-0.15, -0.1) is 0 Å². The predicted molar refractivity (Wildman–Crippen MR) is 69.7 cm³/mol. The van der Waals surface area contributed by atoms with Crippen molar-refractivity contribution in [1.29, 1.82) is 0 Å². The first-order chi connectivity index (χ1) is 9.51. The van der Waals surface area contributed by atoms with Crippen molar-refractivity contribution in [3.63, 3.8) is 0 Å². The summed E-state index contributed by atoms with van der Waals surface area (Å²) in [5, 5.41) is 0. The molecule has 0 saturated carbocycles. The number of halogens is 3. The summed E-state index contributed by atoms with van der Waals surface area (Å²) in [7, 11) is 1.21. The molecule has 0 N–H and O–H groups in total. The van der Waals surface area contributed by atoms with Crippen LogP contribution in [0.25, 0.3) is 0 Å². The zero-order valence-electron chi connectivity index (χ0n) is 10.2. The Balaban J connectivity index is 2.33. The van der Waals surface area contributed by atoms with Gasteiger partial charge in [-0.3, -0.25) is 0 Å². The fourth-order valence-corrected chi connectivity index (χ4v) is 1.83. The maximum atomic E-state index is 13.6. The molecule has 4 nitrogen and oxygen atoms in total.